The fourth-order valence-electron chi connectivity index (χ4n) is 2.12. The van der Waals surface area contributed by atoms with Gasteiger partial charge >= 0.3 is 5.97 Å². The molecule has 3 nitrogen and oxygen atoms in total. The highest BCUT2D eigenvalue weighted by Gasteiger charge is 2.09. The van der Waals surface area contributed by atoms with Crippen LogP contribution in [0.3, 0.4) is 0 Å². The molecule has 0 saturated carbocycles. The summed E-state index contributed by atoms with van der Waals surface area (Å²) in [6, 6.07) is 13.4. The van der Waals surface area contributed by atoms with E-state index in [4.69, 9.17) is 4.74 Å². The molecule has 0 aliphatic carbocycles. The molecule has 2 rings (SSSR count). The summed E-state index contributed by atoms with van der Waals surface area (Å²) in [5, 5.41) is 0. The molecule has 0 N–H and O–H groups in total. The fourth-order valence-corrected chi connectivity index (χ4v) is 2.12. The second-order valence-corrected chi connectivity index (χ2v) is 4.88. The summed E-state index contributed by atoms with van der Waals surface area (Å²) in [6.45, 7) is 3.07. The Balaban J connectivity index is 1.89. The van der Waals surface area contributed by atoms with E-state index >= 15 is 0 Å². The summed E-state index contributed by atoms with van der Waals surface area (Å²) in [7, 11) is 0. The number of hydrogen-bond donors (Lipinski definition) is 0. The zero-order valence-corrected chi connectivity index (χ0v) is 11.9. The third-order valence-electron chi connectivity index (χ3n) is 3.20. The van der Waals surface area contributed by atoms with Crippen LogP contribution < -0.4 is 4.74 Å². The maximum absolute atomic E-state index is 11.9. The SMILES string of the molecule is CCCCCn1cccc1OC(=O)Cc1ccccc1. The Kier molecular flexibility index (Phi) is 5.42. The minimum Gasteiger partial charge on any atom is -0.409 e. The lowest BCUT2D eigenvalue weighted by atomic mass is 10.2. The first-order valence-electron chi connectivity index (χ1n) is 7.19. The molecule has 0 bridgehead atoms. The van der Waals surface area contributed by atoms with Crippen molar-refractivity contribution < 1.29 is 9.53 Å². The monoisotopic (exact) mass is 271 g/mol. The first-order chi connectivity index (χ1) is 9.79. The zero-order valence-electron chi connectivity index (χ0n) is 11.9. The van der Waals surface area contributed by atoms with Crippen molar-refractivity contribution in [1.29, 1.82) is 0 Å². The summed E-state index contributed by atoms with van der Waals surface area (Å²) in [5.74, 6) is 0.425. The van der Waals surface area contributed by atoms with Crippen LogP contribution in [0.2, 0.25) is 0 Å². The van der Waals surface area contributed by atoms with Crippen LogP contribution in [0.15, 0.2) is 48.7 Å². The molecule has 0 spiro atoms. The molecule has 3 heteroatoms. The van der Waals surface area contributed by atoms with Crippen molar-refractivity contribution in [1.82, 2.24) is 4.57 Å². The summed E-state index contributed by atoms with van der Waals surface area (Å²) in [4.78, 5) is 11.9. The van der Waals surface area contributed by atoms with Crippen molar-refractivity contribution >= 4 is 5.97 Å². The van der Waals surface area contributed by atoms with Gasteiger partial charge in [0.05, 0.1) is 6.42 Å². The number of esters is 1. The van der Waals surface area contributed by atoms with E-state index in [1.165, 1.54) is 12.8 Å². The predicted octanol–water partition coefficient (Wildman–Crippen LogP) is 3.83. The Morgan fingerprint density at radius 2 is 1.90 bits per heavy atom. The number of carbonyl (C=O) groups is 1. The molecular formula is C17H21NO2. The standard InChI is InChI=1S/C17H21NO2/c1-2-3-7-12-18-13-8-11-16(18)20-17(19)14-15-9-5-4-6-10-15/h4-6,8-11,13H,2-3,7,12,14H2,1H3. The Hall–Kier alpha value is -2.03. The average Bonchev–Trinajstić information content (AvgIpc) is 2.87. The molecule has 0 radical (unpaired) electrons. The summed E-state index contributed by atoms with van der Waals surface area (Å²) in [6.07, 6.45) is 5.75. The van der Waals surface area contributed by atoms with Crippen molar-refractivity contribution in [3.63, 3.8) is 0 Å². The Bertz CT molecular complexity index is 531. The topological polar surface area (TPSA) is 31.2 Å². The van der Waals surface area contributed by atoms with Crippen LogP contribution in [-0.2, 0) is 17.8 Å². The second-order valence-electron chi connectivity index (χ2n) is 4.88. The molecule has 1 aromatic heterocycles. The Morgan fingerprint density at radius 3 is 2.65 bits per heavy atom. The van der Waals surface area contributed by atoms with Gasteiger partial charge in [-0.15, -0.1) is 0 Å². The number of carbonyl (C=O) groups excluding carboxylic acids is 1. The molecule has 20 heavy (non-hydrogen) atoms. The average molecular weight is 271 g/mol. The van der Waals surface area contributed by atoms with Crippen molar-refractivity contribution in [3.8, 4) is 5.88 Å². The third-order valence-corrected chi connectivity index (χ3v) is 3.20. The number of nitrogens with zero attached hydrogens (tertiary/aromatic N) is 1. The lowest BCUT2D eigenvalue weighted by molar-refractivity contribution is -0.134. The molecule has 0 fully saturated rings. The lowest BCUT2D eigenvalue weighted by Crippen LogP contribution is -2.13. The van der Waals surface area contributed by atoms with E-state index in [1.54, 1.807) is 0 Å². The number of hydrogen-bond acceptors (Lipinski definition) is 2. The molecule has 0 atom stereocenters. The van der Waals surface area contributed by atoms with Crippen molar-refractivity contribution in [2.45, 2.75) is 39.2 Å². The van der Waals surface area contributed by atoms with Crippen molar-refractivity contribution in [2.75, 3.05) is 0 Å². The van der Waals surface area contributed by atoms with Crippen LogP contribution >= 0.6 is 0 Å². The highest BCUT2D eigenvalue weighted by atomic mass is 16.5. The predicted molar refractivity (Wildman–Crippen MR) is 79.7 cm³/mol. The van der Waals surface area contributed by atoms with Crippen molar-refractivity contribution in [2.24, 2.45) is 0 Å². The third kappa shape index (κ3) is 4.26. The van der Waals surface area contributed by atoms with Crippen LogP contribution in [0.1, 0.15) is 31.7 Å². The summed E-state index contributed by atoms with van der Waals surface area (Å²) >= 11 is 0. The van der Waals surface area contributed by atoms with Gasteiger partial charge in [0.2, 0.25) is 5.88 Å². The first kappa shape index (κ1) is 14.4. The van der Waals surface area contributed by atoms with Crippen LogP contribution in [0.5, 0.6) is 5.88 Å². The van der Waals surface area contributed by atoms with Gasteiger partial charge in [-0.05, 0) is 18.1 Å². The van der Waals surface area contributed by atoms with Gasteiger partial charge in [0.15, 0.2) is 0 Å². The zero-order chi connectivity index (χ0) is 14.2. The molecule has 2 aromatic rings. The molecule has 1 aromatic carbocycles. The lowest BCUT2D eigenvalue weighted by Gasteiger charge is -2.09. The fraction of sp³-hybridized carbons (Fsp3) is 0.353. The normalized spacial score (nSPS) is 10.4. The van der Waals surface area contributed by atoms with E-state index in [0.717, 1.165) is 18.5 Å². The molecule has 0 amide bonds. The highest BCUT2D eigenvalue weighted by Crippen LogP contribution is 2.15. The van der Waals surface area contributed by atoms with E-state index in [9.17, 15) is 4.79 Å². The minimum atomic E-state index is -0.216. The summed E-state index contributed by atoms with van der Waals surface area (Å²) in [5.41, 5.74) is 0.974. The Morgan fingerprint density at radius 1 is 1.10 bits per heavy atom. The van der Waals surface area contributed by atoms with Gasteiger partial charge in [0.25, 0.3) is 0 Å². The van der Waals surface area contributed by atoms with Crippen LogP contribution in [0.4, 0.5) is 0 Å². The van der Waals surface area contributed by atoms with E-state index in [2.05, 4.69) is 6.92 Å². The smallest absolute Gasteiger partial charge is 0.316 e. The van der Waals surface area contributed by atoms with Gasteiger partial charge in [-0.2, -0.15) is 0 Å². The van der Waals surface area contributed by atoms with Crippen LogP contribution in [0.25, 0.3) is 0 Å². The van der Waals surface area contributed by atoms with Gasteiger partial charge in [-0.3, -0.25) is 4.79 Å². The maximum atomic E-state index is 11.9. The number of aromatic nitrogens is 1. The van der Waals surface area contributed by atoms with Gasteiger partial charge in [0, 0.05) is 18.8 Å². The number of aryl methyl sites for hydroxylation is 1. The van der Waals surface area contributed by atoms with Gasteiger partial charge in [-0.25, -0.2) is 0 Å². The molecule has 0 aliphatic rings. The number of unbranched alkanes of at least 4 members (excludes halogenated alkanes) is 2. The number of ether oxygens (including phenoxy) is 1. The van der Waals surface area contributed by atoms with Gasteiger partial charge in [0.1, 0.15) is 0 Å². The molecule has 106 valence electrons. The van der Waals surface area contributed by atoms with Crippen LogP contribution in [0, 0.1) is 0 Å². The summed E-state index contributed by atoms with van der Waals surface area (Å²) < 4.78 is 7.44. The maximum Gasteiger partial charge on any atom is 0.316 e. The van der Waals surface area contributed by atoms with E-state index < -0.39 is 0 Å². The molecule has 0 unspecified atom stereocenters. The molecular weight excluding hydrogens is 250 g/mol. The first-order valence-corrected chi connectivity index (χ1v) is 7.19. The Labute approximate surface area is 120 Å². The largest absolute Gasteiger partial charge is 0.409 e. The highest BCUT2D eigenvalue weighted by molar-refractivity contribution is 5.74. The molecule has 0 saturated heterocycles. The second kappa shape index (κ2) is 7.53. The van der Waals surface area contributed by atoms with Crippen LogP contribution in [-0.4, -0.2) is 10.5 Å². The van der Waals surface area contributed by atoms with E-state index in [1.807, 2.05) is 53.2 Å². The molecule has 0 aliphatic heterocycles. The van der Waals surface area contributed by atoms with E-state index in [-0.39, 0.29) is 5.97 Å². The number of rotatable bonds is 7. The van der Waals surface area contributed by atoms with E-state index in [0.29, 0.717) is 12.3 Å². The number of benzene rings is 1. The minimum absolute atomic E-state index is 0.216. The van der Waals surface area contributed by atoms with Crippen molar-refractivity contribution in [3.05, 3.63) is 54.2 Å². The quantitative estimate of drug-likeness (QED) is 0.566. The van der Waals surface area contributed by atoms with Gasteiger partial charge < -0.3 is 9.30 Å². The molecule has 1 heterocycles. The van der Waals surface area contributed by atoms with Gasteiger partial charge in [-0.1, -0.05) is 50.1 Å².